The molecule has 0 aliphatic carbocycles. The first kappa shape index (κ1) is 16.3. The molecule has 0 saturated carbocycles. The molecule has 0 bridgehead atoms. The van der Waals surface area contributed by atoms with Crippen LogP contribution in [-0.4, -0.2) is 29.8 Å². The van der Waals surface area contributed by atoms with Crippen molar-refractivity contribution in [1.29, 1.82) is 0 Å². The van der Waals surface area contributed by atoms with Gasteiger partial charge in [0.05, 0.1) is 12.3 Å². The maximum atomic E-state index is 12.5. The number of amides is 2. The van der Waals surface area contributed by atoms with Gasteiger partial charge in [0.2, 0.25) is 5.91 Å². The van der Waals surface area contributed by atoms with Gasteiger partial charge in [0, 0.05) is 19.5 Å². The van der Waals surface area contributed by atoms with E-state index in [-0.39, 0.29) is 17.9 Å². The molecule has 0 spiro atoms. The Bertz CT molecular complexity index is 667. The number of likely N-dealkylation sites (tertiary alicyclic amines) is 1. The molecule has 1 fully saturated rings. The zero-order chi connectivity index (χ0) is 16.8. The van der Waals surface area contributed by atoms with Crippen LogP contribution >= 0.6 is 0 Å². The zero-order valence-corrected chi connectivity index (χ0v) is 13.6. The molecule has 1 atom stereocenters. The lowest BCUT2D eigenvalue weighted by Gasteiger charge is -2.25. The molecule has 1 aliphatic rings. The molecule has 126 valence electrons. The maximum absolute atomic E-state index is 12.5. The predicted molar refractivity (Wildman–Crippen MR) is 90.4 cm³/mol. The molecule has 1 aromatic carbocycles. The number of carbonyl (C=O) groups excluding carboxylic acids is 2. The molecule has 5 nitrogen and oxygen atoms in total. The van der Waals surface area contributed by atoms with E-state index in [1.165, 1.54) is 11.8 Å². The summed E-state index contributed by atoms with van der Waals surface area (Å²) >= 11 is 0. The van der Waals surface area contributed by atoms with Crippen LogP contribution < -0.4 is 5.32 Å². The Morgan fingerprint density at radius 2 is 2.00 bits per heavy atom. The van der Waals surface area contributed by atoms with Gasteiger partial charge in [-0.1, -0.05) is 30.3 Å². The van der Waals surface area contributed by atoms with Gasteiger partial charge in [-0.2, -0.15) is 0 Å². The van der Waals surface area contributed by atoms with Crippen LogP contribution in [0.25, 0.3) is 0 Å². The van der Waals surface area contributed by atoms with Crippen molar-refractivity contribution in [3.63, 3.8) is 0 Å². The van der Waals surface area contributed by atoms with Gasteiger partial charge in [-0.05, 0) is 37.0 Å². The Hall–Kier alpha value is -2.56. The van der Waals surface area contributed by atoms with Gasteiger partial charge in [0.1, 0.15) is 0 Å². The van der Waals surface area contributed by atoms with E-state index in [4.69, 9.17) is 4.42 Å². The summed E-state index contributed by atoms with van der Waals surface area (Å²) in [4.78, 5) is 26.2. The molecule has 2 heterocycles. The molecule has 2 amide bonds. The first-order chi connectivity index (χ1) is 11.8. The fraction of sp³-hybridized carbons (Fsp3) is 0.368. The normalized spacial score (nSPS) is 17.0. The van der Waals surface area contributed by atoms with Gasteiger partial charge >= 0.3 is 0 Å². The number of furan rings is 1. The first-order valence-corrected chi connectivity index (χ1v) is 8.42. The second-order valence-corrected chi connectivity index (χ2v) is 5.99. The smallest absolute Gasteiger partial charge is 0.286 e. The highest BCUT2D eigenvalue weighted by molar-refractivity contribution is 5.91. The van der Waals surface area contributed by atoms with E-state index in [0.29, 0.717) is 25.1 Å². The molecule has 5 heteroatoms. The summed E-state index contributed by atoms with van der Waals surface area (Å²) in [6.07, 6.45) is 4.60. The highest BCUT2D eigenvalue weighted by atomic mass is 16.3. The van der Waals surface area contributed by atoms with Crippen molar-refractivity contribution in [1.82, 2.24) is 10.2 Å². The van der Waals surface area contributed by atoms with Gasteiger partial charge in [0.25, 0.3) is 5.91 Å². The quantitative estimate of drug-likeness (QED) is 0.830. The van der Waals surface area contributed by atoms with Crippen molar-refractivity contribution in [3.8, 4) is 0 Å². The van der Waals surface area contributed by atoms with Crippen molar-refractivity contribution >= 4 is 11.8 Å². The molecule has 0 radical (unpaired) electrons. The number of hydrogen-bond acceptors (Lipinski definition) is 3. The minimum absolute atomic E-state index is 0.161. The monoisotopic (exact) mass is 326 g/mol. The van der Waals surface area contributed by atoms with Gasteiger partial charge < -0.3 is 14.6 Å². The van der Waals surface area contributed by atoms with Crippen LogP contribution in [0, 0.1) is 0 Å². The van der Waals surface area contributed by atoms with E-state index in [1.54, 1.807) is 12.1 Å². The summed E-state index contributed by atoms with van der Waals surface area (Å²) in [5.74, 6) is 0.217. The van der Waals surface area contributed by atoms with Gasteiger partial charge in [-0.3, -0.25) is 9.59 Å². The van der Waals surface area contributed by atoms with Crippen LogP contribution in [0.1, 0.15) is 47.8 Å². The van der Waals surface area contributed by atoms with Crippen molar-refractivity contribution < 1.29 is 14.0 Å². The van der Waals surface area contributed by atoms with Crippen LogP contribution in [0.3, 0.4) is 0 Å². The second-order valence-electron chi connectivity index (χ2n) is 5.99. The standard InChI is InChI=1S/C19H22N2O3/c22-18(11-4-12-20-19(23)17-10-6-14-24-17)21-13-5-9-16(21)15-7-2-1-3-8-15/h1-3,6-8,10,14,16H,4-5,9,11-13H2,(H,20,23). The minimum atomic E-state index is -0.240. The number of hydrogen-bond donors (Lipinski definition) is 1. The lowest BCUT2D eigenvalue weighted by Crippen LogP contribution is -2.31. The predicted octanol–water partition coefficient (Wildman–Crippen LogP) is 3.15. The van der Waals surface area contributed by atoms with E-state index < -0.39 is 0 Å². The fourth-order valence-electron chi connectivity index (χ4n) is 3.17. The molecule has 2 aromatic rings. The number of benzene rings is 1. The summed E-state index contributed by atoms with van der Waals surface area (Å²) in [6.45, 7) is 1.28. The second kappa shape index (κ2) is 7.81. The highest BCUT2D eigenvalue weighted by Gasteiger charge is 2.29. The number of carbonyl (C=O) groups is 2. The van der Waals surface area contributed by atoms with Crippen LogP contribution in [0.2, 0.25) is 0 Å². The topological polar surface area (TPSA) is 62.6 Å². The van der Waals surface area contributed by atoms with Crippen LogP contribution in [0.4, 0.5) is 0 Å². The third kappa shape index (κ3) is 3.85. The Kier molecular flexibility index (Phi) is 5.31. The molecule has 1 aromatic heterocycles. The lowest BCUT2D eigenvalue weighted by molar-refractivity contribution is -0.132. The number of rotatable bonds is 6. The Labute approximate surface area is 141 Å². The van der Waals surface area contributed by atoms with Gasteiger partial charge in [0.15, 0.2) is 5.76 Å². The Morgan fingerprint density at radius 1 is 1.17 bits per heavy atom. The summed E-state index contributed by atoms with van der Waals surface area (Å²) < 4.78 is 5.03. The van der Waals surface area contributed by atoms with E-state index in [0.717, 1.165) is 19.4 Å². The maximum Gasteiger partial charge on any atom is 0.286 e. The third-order valence-electron chi connectivity index (χ3n) is 4.36. The molecule has 1 saturated heterocycles. The molecular formula is C19H22N2O3. The average molecular weight is 326 g/mol. The summed E-state index contributed by atoms with van der Waals surface area (Å²) in [6, 6.07) is 13.7. The SMILES string of the molecule is O=C(NCCCC(=O)N1CCCC1c1ccccc1)c1ccco1. The zero-order valence-electron chi connectivity index (χ0n) is 13.6. The molecular weight excluding hydrogens is 304 g/mol. The van der Waals surface area contributed by atoms with E-state index >= 15 is 0 Å². The Morgan fingerprint density at radius 3 is 2.75 bits per heavy atom. The fourth-order valence-corrected chi connectivity index (χ4v) is 3.17. The van der Waals surface area contributed by atoms with E-state index in [2.05, 4.69) is 17.4 Å². The van der Waals surface area contributed by atoms with Crippen LogP contribution in [-0.2, 0) is 4.79 Å². The molecule has 1 unspecified atom stereocenters. The number of nitrogens with one attached hydrogen (secondary N) is 1. The highest BCUT2D eigenvalue weighted by Crippen LogP contribution is 2.32. The van der Waals surface area contributed by atoms with E-state index in [9.17, 15) is 9.59 Å². The Balaban J connectivity index is 1.45. The number of nitrogens with zero attached hydrogens (tertiary/aromatic N) is 1. The van der Waals surface area contributed by atoms with Crippen molar-refractivity contribution in [2.75, 3.05) is 13.1 Å². The van der Waals surface area contributed by atoms with Crippen molar-refractivity contribution in [2.24, 2.45) is 0 Å². The largest absolute Gasteiger partial charge is 0.459 e. The summed E-state index contributed by atoms with van der Waals surface area (Å²) in [7, 11) is 0. The minimum Gasteiger partial charge on any atom is -0.459 e. The average Bonchev–Trinajstić information content (AvgIpc) is 3.30. The third-order valence-corrected chi connectivity index (χ3v) is 4.36. The van der Waals surface area contributed by atoms with Crippen LogP contribution in [0.5, 0.6) is 0 Å². The summed E-state index contributed by atoms with van der Waals surface area (Å²) in [5, 5.41) is 2.77. The molecule has 3 rings (SSSR count). The molecule has 1 N–H and O–H groups in total. The first-order valence-electron chi connectivity index (χ1n) is 8.42. The van der Waals surface area contributed by atoms with Crippen molar-refractivity contribution in [2.45, 2.75) is 31.7 Å². The summed E-state index contributed by atoms with van der Waals surface area (Å²) in [5.41, 5.74) is 1.20. The van der Waals surface area contributed by atoms with Crippen molar-refractivity contribution in [3.05, 3.63) is 60.1 Å². The van der Waals surface area contributed by atoms with Gasteiger partial charge in [-0.15, -0.1) is 0 Å². The lowest BCUT2D eigenvalue weighted by atomic mass is 10.0. The van der Waals surface area contributed by atoms with Gasteiger partial charge in [-0.25, -0.2) is 0 Å². The van der Waals surface area contributed by atoms with E-state index in [1.807, 2.05) is 23.1 Å². The van der Waals surface area contributed by atoms with Crippen LogP contribution in [0.15, 0.2) is 53.1 Å². The molecule has 24 heavy (non-hydrogen) atoms. The molecule has 1 aliphatic heterocycles.